The van der Waals surface area contributed by atoms with Crippen molar-refractivity contribution in [2.24, 2.45) is 0 Å². The van der Waals surface area contributed by atoms with Gasteiger partial charge in [-0.25, -0.2) is 4.79 Å². The summed E-state index contributed by atoms with van der Waals surface area (Å²) >= 11 is 0. The van der Waals surface area contributed by atoms with Crippen LogP contribution < -0.4 is 10.1 Å². The SMILES string of the molecule is COCCn1ccc2c(NC(=O)CCC(C)=CCc3c(O)c4c(c(C)c3OC)COC4=O)cccc21. The molecule has 2 aromatic carbocycles. The van der Waals surface area contributed by atoms with Crippen LogP contribution >= 0.6 is 0 Å². The third-order valence-electron chi connectivity index (χ3n) is 6.67. The van der Waals surface area contributed by atoms with Crippen LogP contribution in [0.1, 0.15) is 46.8 Å². The molecule has 2 N–H and O–H groups in total. The quantitative estimate of drug-likeness (QED) is 0.309. The number of nitrogens with zero attached hydrogens (tertiary/aromatic N) is 1. The average Bonchev–Trinajstić information content (AvgIpc) is 3.47. The van der Waals surface area contributed by atoms with Crippen LogP contribution in [0.3, 0.4) is 0 Å². The molecule has 0 atom stereocenters. The number of anilines is 1. The number of carbonyl (C=O) groups is 2. The topological polar surface area (TPSA) is 99.0 Å². The van der Waals surface area contributed by atoms with Crippen LogP contribution in [-0.2, 0) is 33.8 Å². The normalized spacial score (nSPS) is 13.1. The lowest BCUT2D eigenvalue weighted by molar-refractivity contribution is -0.116. The van der Waals surface area contributed by atoms with E-state index in [2.05, 4.69) is 9.88 Å². The van der Waals surface area contributed by atoms with Crippen molar-refractivity contribution in [3.05, 3.63) is 64.4 Å². The van der Waals surface area contributed by atoms with E-state index in [1.54, 1.807) is 14.2 Å². The van der Waals surface area contributed by atoms with Crippen LogP contribution in [0.2, 0.25) is 0 Å². The van der Waals surface area contributed by atoms with Gasteiger partial charge < -0.3 is 29.2 Å². The summed E-state index contributed by atoms with van der Waals surface area (Å²) < 4.78 is 17.9. The number of hydrogen-bond donors (Lipinski definition) is 2. The molecule has 1 aromatic heterocycles. The first-order valence-electron chi connectivity index (χ1n) is 12.0. The highest BCUT2D eigenvalue weighted by atomic mass is 16.5. The first-order valence-corrected chi connectivity index (χ1v) is 12.0. The molecule has 1 aliphatic heterocycles. The maximum absolute atomic E-state index is 12.7. The van der Waals surface area contributed by atoms with Gasteiger partial charge in [-0.05, 0) is 50.5 Å². The van der Waals surface area contributed by atoms with Crippen LogP contribution in [-0.4, -0.2) is 42.4 Å². The molecule has 0 aliphatic carbocycles. The van der Waals surface area contributed by atoms with Crippen molar-refractivity contribution in [3.63, 3.8) is 0 Å². The number of aromatic nitrogens is 1. The highest BCUT2D eigenvalue weighted by Crippen LogP contribution is 2.42. The molecular formula is C28H32N2O6. The Bertz CT molecular complexity index is 1340. The Hall–Kier alpha value is -3.78. The number of benzene rings is 2. The maximum atomic E-state index is 12.7. The van der Waals surface area contributed by atoms with Gasteiger partial charge in [0.15, 0.2) is 0 Å². The third kappa shape index (κ3) is 4.95. The van der Waals surface area contributed by atoms with Gasteiger partial charge in [-0.2, -0.15) is 0 Å². The van der Waals surface area contributed by atoms with Gasteiger partial charge in [-0.3, -0.25) is 4.79 Å². The molecule has 3 aromatic rings. The van der Waals surface area contributed by atoms with Gasteiger partial charge in [0, 0.05) is 42.8 Å². The molecule has 1 aliphatic rings. The van der Waals surface area contributed by atoms with Gasteiger partial charge in [-0.15, -0.1) is 0 Å². The lowest BCUT2D eigenvalue weighted by Gasteiger charge is -2.15. The van der Waals surface area contributed by atoms with Crippen molar-refractivity contribution in [2.45, 2.75) is 46.3 Å². The number of rotatable bonds is 10. The van der Waals surface area contributed by atoms with Crippen LogP contribution in [0.25, 0.3) is 10.9 Å². The van der Waals surface area contributed by atoms with Crippen molar-refractivity contribution in [1.82, 2.24) is 4.57 Å². The number of ether oxygens (including phenoxy) is 3. The van der Waals surface area contributed by atoms with Gasteiger partial charge >= 0.3 is 5.97 Å². The summed E-state index contributed by atoms with van der Waals surface area (Å²) in [6.45, 7) is 5.30. The molecule has 190 valence electrons. The van der Waals surface area contributed by atoms with E-state index in [0.717, 1.165) is 34.3 Å². The standard InChI is InChI=1S/C28H32N2O6/c1-17(8-10-20-26(32)25-21(16-36-28(25)33)18(2)27(20)35-4)9-11-24(31)29-22-6-5-7-23-19(22)12-13-30(23)14-15-34-3/h5-8,12-13,32H,9-11,14-16H2,1-4H3,(H,29,31). The smallest absolute Gasteiger partial charge is 0.342 e. The van der Waals surface area contributed by atoms with Gasteiger partial charge in [0.05, 0.1) is 24.9 Å². The summed E-state index contributed by atoms with van der Waals surface area (Å²) in [4.78, 5) is 24.8. The number of phenolic OH excluding ortho intramolecular Hbond substituents is 1. The molecular weight excluding hydrogens is 460 g/mol. The van der Waals surface area contributed by atoms with Gasteiger partial charge in [0.2, 0.25) is 5.91 Å². The predicted molar refractivity (Wildman–Crippen MR) is 138 cm³/mol. The molecule has 0 fully saturated rings. The van der Waals surface area contributed by atoms with Gasteiger partial charge in [0.1, 0.15) is 23.7 Å². The third-order valence-corrected chi connectivity index (χ3v) is 6.67. The molecule has 36 heavy (non-hydrogen) atoms. The molecule has 4 rings (SSSR count). The number of carbonyl (C=O) groups excluding carboxylic acids is 2. The predicted octanol–water partition coefficient (Wildman–Crippen LogP) is 4.89. The van der Waals surface area contributed by atoms with Crippen molar-refractivity contribution in [2.75, 3.05) is 26.1 Å². The molecule has 0 spiro atoms. The van der Waals surface area contributed by atoms with E-state index in [1.807, 2.05) is 50.4 Å². The van der Waals surface area contributed by atoms with E-state index < -0.39 is 5.97 Å². The number of methoxy groups -OCH3 is 2. The van der Waals surface area contributed by atoms with E-state index in [-0.39, 0.29) is 23.8 Å². The zero-order chi connectivity index (χ0) is 25.8. The van der Waals surface area contributed by atoms with E-state index in [0.29, 0.717) is 42.7 Å². The molecule has 0 saturated heterocycles. The second kappa shape index (κ2) is 10.9. The Morgan fingerprint density at radius 1 is 1.25 bits per heavy atom. The minimum absolute atomic E-state index is 0.0727. The number of phenols is 1. The second-order valence-corrected chi connectivity index (χ2v) is 8.96. The zero-order valence-corrected chi connectivity index (χ0v) is 21.1. The minimum Gasteiger partial charge on any atom is -0.507 e. The highest BCUT2D eigenvalue weighted by Gasteiger charge is 2.31. The lowest BCUT2D eigenvalue weighted by Crippen LogP contribution is -2.11. The highest BCUT2D eigenvalue weighted by molar-refractivity contribution is 6.01. The summed E-state index contributed by atoms with van der Waals surface area (Å²) in [6, 6.07) is 7.86. The molecule has 1 amide bonds. The van der Waals surface area contributed by atoms with Crippen molar-refractivity contribution in [3.8, 4) is 11.5 Å². The number of allylic oxidation sites excluding steroid dienone is 2. The van der Waals surface area contributed by atoms with E-state index >= 15 is 0 Å². The molecule has 0 bridgehead atoms. The second-order valence-electron chi connectivity index (χ2n) is 8.96. The van der Waals surface area contributed by atoms with Crippen LogP contribution in [0.5, 0.6) is 11.5 Å². The van der Waals surface area contributed by atoms with Crippen LogP contribution in [0.4, 0.5) is 5.69 Å². The van der Waals surface area contributed by atoms with Crippen LogP contribution in [0, 0.1) is 6.92 Å². The van der Waals surface area contributed by atoms with Crippen molar-refractivity contribution in [1.29, 1.82) is 0 Å². The summed E-state index contributed by atoms with van der Waals surface area (Å²) in [5, 5.41) is 14.8. The molecule has 2 heterocycles. The Labute approximate surface area is 210 Å². The summed E-state index contributed by atoms with van der Waals surface area (Å²) in [5.74, 6) is -0.133. The lowest BCUT2D eigenvalue weighted by atomic mass is 9.94. The number of nitrogens with one attached hydrogen (secondary N) is 1. The van der Waals surface area contributed by atoms with E-state index in [4.69, 9.17) is 14.2 Å². The number of amides is 1. The molecule has 0 unspecified atom stereocenters. The zero-order valence-electron chi connectivity index (χ0n) is 21.1. The largest absolute Gasteiger partial charge is 0.507 e. The van der Waals surface area contributed by atoms with Gasteiger partial charge in [0.25, 0.3) is 0 Å². The minimum atomic E-state index is -0.518. The molecule has 0 saturated carbocycles. The van der Waals surface area contributed by atoms with Crippen LogP contribution in [0.15, 0.2) is 42.1 Å². The Kier molecular flexibility index (Phi) is 7.64. The number of fused-ring (bicyclic) bond motifs is 2. The van der Waals surface area contributed by atoms with E-state index in [9.17, 15) is 14.7 Å². The molecule has 8 heteroatoms. The molecule has 8 nitrogen and oxygen atoms in total. The van der Waals surface area contributed by atoms with Crippen molar-refractivity contribution < 1.29 is 28.9 Å². The fourth-order valence-corrected chi connectivity index (χ4v) is 4.65. The summed E-state index contributed by atoms with van der Waals surface area (Å²) in [7, 11) is 3.22. The van der Waals surface area contributed by atoms with Crippen molar-refractivity contribution >= 4 is 28.5 Å². The van der Waals surface area contributed by atoms with Gasteiger partial charge in [-0.1, -0.05) is 17.7 Å². The summed E-state index contributed by atoms with van der Waals surface area (Å²) in [5.41, 5.74) is 5.05. The fraction of sp³-hybridized carbons (Fsp3) is 0.357. The Balaban J connectivity index is 1.41. The first kappa shape index (κ1) is 25.3. The first-order chi connectivity index (χ1) is 17.3. The fourth-order valence-electron chi connectivity index (χ4n) is 4.65. The number of esters is 1. The molecule has 0 radical (unpaired) electrons. The Morgan fingerprint density at radius 3 is 2.81 bits per heavy atom. The number of cyclic esters (lactones) is 1. The average molecular weight is 493 g/mol. The monoisotopic (exact) mass is 492 g/mol. The number of hydrogen-bond acceptors (Lipinski definition) is 6. The Morgan fingerprint density at radius 2 is 2.06 bits per heavy atom. The van der Waals surface area contributed by atoms with E-state index in [1.165, 1.54) is 0 Å². The summed E-state index contributed by atoms with van der Waals surface area (Å²) in [6.07, 6.45) is 5.20. The number of aromatic hydroxyl groups is 1. The maximum Gasteiger partial charge on any atom is 0.342 e.